The van der Waals surface area contributed by atoms with Crippen LogP contribution in [0.2, 0.25) is 0 Å². The van der Waals surface area contributed by atoms with Crippen molar-refractivity contribution in [1.29, 1.82) is 0 Å². The van der Waals surface area contributed by atoms with Gasteiger partial charge in [-0.25, -0.2) is 28.1 Å². The van der Waals surface area contributed by atoms with E-state index in [0.29, 0.717) is 22.6 Å². The van der Waals surface area contributed by atoms with Gasteiger partial charge in [0.05, 0.1) is 64.4 Å². The summed E-state index contributed by atoms with van der Waals surface area (Å²) in [7, 11) is -0.486. The van der Waals surface area contributed by atoms with Crippen LogP contribution >= 0.6 is 15.9 Å². The molecule has 6 aromatic rings. The zero-order valence-corrected chi connectivity index (χ0v) is 32.0. The molecule has 0 unspecified atom stereocenters. The van der Waals surface area contributed by atoms with Gasteiger partial charge in [-0.1, -0.05) is 12.1 Å². The minimum absolute atomic E-state index is 0.146. The lowest BCUT2D eigenvalue weighted by Crippen LogP contribution is -2.41. The molecule has 0 N–H and O–H groups in total. The van der Waals surface area contributed by atoms with Crippen molar-refractivity contribution in [2.24, 2.45) is 0 Å². The smallest absolute Gasteiger partial charge is 0.399 e. The van der Waals surface area contributed by atoms with Gasteiger partial charge in [0.1, 0.15) is 27.6 Å². The molecule has 1 saturated heterocycles. The van der Waals surface area contributed by atoms with Gasteiger partial charge in [-0.2, -0.15) is 36.5 Å². The van der Waals surface area contributed by atoms with Gasteiger partial charge < -0.3 is 9.31 Å². The highest BCUT2D eigenvalue weighted by molar-refractivity contribution is 9.10. The van der Waals surface area contributed by atoms with Crippen molar-refractivity contribution in [3.05, 3.63) is 125 Å². The Morgan fingerprint density at radius 2 is 1.14 bits per heavy atom. The highest BCUT2D eigenvalue weighted by Gasteiger charge is 2.52. The van der Waals surface area contributed by atoms with E-state index in [4.69, 9.17) is 9.31 Å². The van der Waals surface area contributed by atoms with Crippen molar-refractivity contribution in [1.82, 2.24) is 39.5 Å². The third-order valence-corrected chi connectivity index (χ3v) is 9.02. The number of rotatable bonds is 4. The summed E-state index contributed by atoms with van der Waals surface area (Å²) in [6, 6.07) is 9.91. The van der Waals surface area contributed by atoms with Crippen LogP contribution in [0.15, 0.2) is 90.3 Å². The summed E-state index contributed by atoms with van der Waals surface area (Å²) in [5.74, 6) is -0.933. The summed E-state index contributed by atoms with van der Waals surface area (Å²) in [5, 5.41) is 8.59. The quantitative estimate of drug-likeness (QED) is 0.0987. The Kier molecular flexibility index (Phi) is 12.2. The molecule has 0 aromatic carbocycles. The summed E-state index contributed by atoms with van der Waals surface area (Å²) >= 11 is 2.84. The number of aryl methyl sites for hydroxylation is 2. The van der Waals surface area contributed by atoms with Gasteiger partial charge in [-0.05, 0) is 81.7 Å². The van der Waals surface area contributed by atoms with E-state index in [0.717, 1.165) is 35.7 Å². The summed E-state index contributed by atoms with van der Waals surface area (Å²) in [6.07, 6.45) is -0.412. The molecule has 0 radical (unpaired) electrons. The third kappa shape index (κ3) is 10.0. The molecule has 0 aliphatic carbocycles. The van der Waals surface area contributed by atoms with Gasteiger partial charge in [0.15, 0.2) is 0 Å². The molecule has 0 amide bonds. The van der Waals surface area contributed by atoms with Crippen LogP contribution in [0.5, 0.6) is 0 Å². The van der Waals surface area contributed by atoms with Crippen molar-refractivity contribution in [3.8, 4) is 22.6 Å². The lowest BCUT2D eigenvalue weighted by molar-refractivity contribution is -0.142. The molecule has 7 rings (SSSR count). The van der Waals surface area contributed by atoms with Gasteiger partial charge in [0.25, 0.3) is 0 Å². The number of hydrogen-bond acceptors (Lipinski definition) is 8. The molecule has 0 saturated carbocycles. The molecule has 1 fully saturated rings. The Bertz CT molecular complexity index is 2300. The second kappa shape index (κ2) is 16.2. The minimum Gasteiger partial charge on any atom is -0.399 e. The number of aromatic nitrogens is 8. The van der Waals surface area contributed by atoms with E-state index in [1.807, 2.05) is 34.6 Å². The second-order valence-corrected chi connectivity index (χ2v) is 14.1. The van der Waals surface area contributed by atoms with E-state index in [2.05, 4.69) is 46.1 Å². The summed E-state index contributed by atoms with van der Waals surface area (Å²) in [4.78, 5) is 14.4. The standard InChI is InChI=1S/C15H19BFN3O2.C15H10F4N4.C6H3BrF3N/c1-10-13(16-21-14(2,3)15(4,5)22-16)9-20(19-10)12-6-11(17)7-18-8-12;1-9-12(13-3-2-4-14(21-13)15(17,18)19)8-23(22-9)11-5-10(16)6-20-7-11;7-5-3-1-2-4(11-5)6(8,9)10/h6-9H,1-5H3;2-8H,1H3;1-3H. The van der Waals surface area contributed by atoms with Crippen molar-refractivity contribution < 1.29 is 44.4 Å². The van der Waals surface area contributed by atoms with Crippen molar-refractivity contribution >= 4 is 28.5 Å². The van der Waals surface area contributed by atoms with Gasteiger partial charge in [0.2, 0.25) is 0 Å². The van der Waals surface area contributed by atoms with Crippen LogP contribution in [0.25, 0.3) is 22.6 Å². The number of alkyl halides is 6. The fourth-order valence-electron chi connectivity index (χ4n) is 5.01. The Morgan fingerprint density at radius 1 is 0.661 bits per heavy atom. The molecule has 294 valence electrons. The van der Waals surface area contributed by atoms with Gasteiger partial charge in [-0.15, -0.1) is 0 Å². The molecule has 0 spiro atoms. The predicted molar refractivity (Wildman–Crippen MR) is 193 cm³/mol. The largest absolute Gasteiger partial charge is 0.498 e. The minimum atomic E-state index is -4.52. The van der Waals surface area contributed by atoms with E-state index in [9.17, 15) is 35.1 Å². The normalized spacial score (nSPS) is 14.8. The zero-order chi connectivity index (χ0) is 41.2. The molecule has 7 heterocycles. The molecular weight excluding hydrogens is 819 g/mol. The average molecular weight is 851 g/mol. The lowest BCUT2D eigenvalue weighted by atomic mass is 9.79. The first kappa shape index (κ1) is 42.1. The third-order valence-electron chi connectivity index (χ3n) is 8.57. The maximum absolute atomic E-state index is 13.3. The van der Waals surface area contributed by atoms with E-state index in [1.54, 1.807) is 24.0 Å². The van der Waals surface area contributed by atoms with E-state index in [-0.39, 0.29) is 10.3 Å². The topological polar surface area (TPSA) is 106 Å². The molecule has 6 aromatic heterocycles. The highest BCUT2D eigenvalue weighted by atomic mass is 79.9. The van der Waals surface area contributed by atoms with Gasteiger partial charge in [0, 0.05) is 35.6 Å². The fraction of sp³-hybridized carbons (Fsp3) is 0.278. The number of hydrogen-bond donors (Lipinski definition) is 0. The van der Waals surface area contributed by atoms with Crippen molar-refractivity contribution in [2.45, 2.75) is 65.1 Å². The maximum Gasteiger partial charge on any atom is 0.498 e. The van der Waals surface area contributed by atoms with Crippen LogP contribution in [0.1, 0.15) is 50.5 Å². The first-order valence-electron chi connectivity index (χ1n) is 16.5. The molecule has 1 aliphatic heterocycles. The number of pyridine rings is 4. The number of nitrogens with zero attached hydrogens (tertiary/aromatic N) is 8. The van der Waals surface area contributed by atoms with Crippen molar-refractivity contribution in [2.75, 3.05) is 0 Å². The maximum atomic E-state index is 13.3. The molecular formula is C36H32BBrF8N8O2. The highest BCUT2D eigenvalue weighted by Crippen LogP contribution is 2.37. The molecule has 20 heteroatoms. The summed E-state index contributed by atoms with van der Waals surface area (Å²) in [5.41, 5.74) is 0.915. The lowest BCUT2D eigenvalue weighted by Gasteiger charge is -2.32. The van der Waals surface area contributed by atoms with E-state index >= 15 is 0 Å². The van der Waals surface area contributed by atoms with Crippen LogP contribution in [0, 0.1) is 25.5 Å². The second-order valence-electron chi connectivity index (χ2n) is 13.2. The Labute approximate surface area is 324 Å². The van der Waals surface area contributed by atoms with Crippen LogP contribution < -0.4 is 5.46 Å². The monoisotopic (exact) mass is 850 g/mol. The molecule has 1 aliphatic rings. The van der Waals surface area contributed by atoms with Crippen molar-refractivity contribution in [3.63, 3.8) is 0 Å². The molecule has 56 heavy (non-hydrogen) atoms. The molecule has 0 bridgehead atoms. The van der Waals surface area contributed by atoms with Crippen LogP contribution in [-0.4, -0.2) is 57.8 Å². The summed E-state index contributed by atoms with van der Waals surface area (Å²) < 4.78 is 116. The van der Waals surface area contributed by atoms with E-state index < -0.39 is 53.7 Å². The van der Waals surface area contributed by atoms with Gasteiger partial charge in [-0.3, -0.25) is 9.97 Å². The van der Waals surface area contributed by atoms with Crippen LogP contribution in [0.3, 0.4) is 0 Å². The van der Waals surface area contributed by atoms with Crippen LogP contribution in [0.4, 0.5) is 35.1 Å². The average Bonchev–Trinajstić information content (AvgIpc) is 3.76. The molecule has 0 atom stereocenters. The number of halogens is 9. The zero-order valence-electron chi connectivity index (χ0n) is 30.5. The SMILES string of the molecule is Cc1nn(-c2cncc(F)c2)cc1-c1cccc(C(F)(F)F)n1.Cc1nn(-c2cncc(F)c2)cc1B1OC(C)(C)C(C)(C)O1.FC(F)(F)c1cccc(Br)n1. The predicted octanol–water partition coefficient (Wildman–Crippen LogP) is 8.67. The van der Waals surface area contributed by atoms with Crippen LogP contribution in [-0.2, 0) is 21.7 Å². The fourth-order valence-corrected chi connectivity index (χ4v) is 5.36. The molecule has 10 nitrogen and oxygen atoms in total. The Morgan fingerprint density at radius 3 is 1.62 bits per heavy atom. The first-order chi connectivity index (χ1) is 26.0. The van der Waals surface area contributed by atoms with Gasteiger partial charge >= 0.3 is 19.5 Å². The summed E-state index contributed by atoms with van der Waals surface area (Å²) in [6.45, 7) is 11.5. The van der Waals surface area contributed by atoms with E-state index in [1.165, 1.54) is 53.5 Å². The Hall–Kier alpha value is -5.08. The first-order valence-corrected chi connectivity index (χ1v) is 17.3. The Balaban J connectivity index is 0.000000171.